The van der Waals surface area contributed by atoms with Gasteiger partial charge in [0.05, 0.1) is 17.7 Å². The van der Waals surface area contributed by atoms with Crippen molar-refractivity contribution in [1.29, 1.82) is 0 Å². The van der Waals surface area contributed by atoms with E-state index < -0.39 is 10.2 Å². The van der Waals surface area contributed by atoms with Crippen LogP contribution in [0.3, 0.4) is 0 Å². The predicted molar refractivity (Wildman–Crippen MR) is 120 cm³/mol. The molecule has 0 radical (unpaired) electrons. The summed E-state index contributed by atoms with van der Waals surface area (Å²) >= 11 is 1.19. The van der Waals surface area contributed by atoms with Crippen LogP contribution in [0.15, 0.2) is 47.5 Å². The molecule has 0 spiro atoms. The van der Waals surface area contributed by atoms with Crippen molar-refractivity contribution in [2.24, 2.45) is 4.99 Å². The average molecular weight is 442 g/mol. The van der Waals surface area contributed by atoms with Gasteiger partial charge in [-0.15, -0.1) is 0 Å². The fourth-order valence-electron chi connectivity index (χ4n) is 3.01. The molecule has 1 saturated heterocycles. The van der Waals surface area contributed by atoms with Gasteiger partial charge in [0.25, 0.3) is 5.69 Å². The van der Waals surface area contributed by atoms with Crippen molar-refractivity contribution in [2.75, 3.05) is 19.0 Å². The Balaban J connectivity index is 1.75. The van der Waals surface area contributed by atoms with Gasteiger partial charge in [0.15, 0.2) is 5.17 Å². The van der Waals surface area contributed by atoms with Crippen LogP contribution >= 0.6 is 11.8 Å². The van der Waals surface area contributed by atoms with Gasteiger partial charge in [-0.2, -0.15) is 0 Å². The van der Waals surface area contributed by atoms with Gasteiger partial charge >= 0.3 is 0 Å². The number of carbonyl (C=O) groups is 2. The van der Waals surface area contributed by atoms with E-state index in [-0.39, 0.29) is 23.9 Å². The summed E-state index contributed by atoms with van der Waals surface area (Å²) < 4.78 is 5.09. The Morgan fingerprint density at radius 2 is 2.00 bits per heavy atom. The molecule has 1 aliphatic rings. The van der Waals surface area contributed by atoms with Crippen molar-refractivity contribution < 1.29 is 19.2 Å². The molecule has 0 bridgehead atoms. The first kappa shape index (κ1) is 22.3. The van der Waals surface area contributed by atoms with E-state index in [1.807, 2.05) is 6.92 Å². The lowest BCUT2D eigenvalue weighted by Crippen LogP contribution is -2.33. The van der Waals surface area contributed by atoms with Crippen LogP contribution < -0.4 is 10.1 Å². The molecule has 0 saturated carbocycles. The number of amidine groups is 1. The van der Waals surface area contributed by atoms with E-state index in [9.17, 15) is 19.7 Å². The minimum absolute atomic E-state index is 0.0149. The number of methoxy groups -OCH3 is 1. The Labute approximate surface area is 183 Å². The first-order valence-corrected chi connectivity index (χ1v) is 10.5. The number of hydrogen-bond donors (Lipinski definition) is 1. The number of aliphatic imine (C=N–C) groups is 1. The molecule has 9 nitrogen and oxygen atoms in total. The normalized spacial score (nSPS) is 17.1. The summed E-state index contributed by atoms with van der Waals surface area (Å²) in [5.74, 6) is 0.175. The van der Waals surface area contributed by atoms with Crippen LogP contribution in [-0.2, 0) is 9.59 Å². The number of carbonyl (C=O) groups excluding carboxylic acids is 2. The molecule has 1 N–H and O–H groups in total. The third-order valence-corrected chi connectivity index (χ3v) is 5.88. The topological polar surface area (TPSA) is 114 Å². The molecule has 1 heterocycles. The van der Waals surface area contributed by atoms with Crippen molar-refractivity contribution in [3.63, 3.8) is 0 Å². The summed E-state index contributed by atoms with van der Waals surface area (Å²) in [4.78, 5) is 41.8. The molecule has 3 rings (SSSR count). The molecule has 1 unspecified atom stereocenters. The Kier molecular flexibility index (Phi) is 6.91. The second-order valence-corrected chi connectivity index (χ2v) is 7.96. The third-order valence-electron chi connectivity index (χ3n) is 4.70. The van der Waals surface area contributed by atoms with E-state index in [1.54, 1.807) is 44.4 Å². The van der Waals surface area contributed by atoms with Crippen LogP contribution in [0.1, 0.15) is 18.9 Å². The third kappa shape index (κ3) is 5.21. The fraction of sp³-hybridized carbons (Fsp3) is 0.286. The number of aryl methyl sites for hydroxylation is 1. The summed E-state index contributed by atoms with van der Waals surface area (Å²) in [6, 6.07) is 11.3. The molecule has 2 amide bonds. The number of nitro groups is 1. The molecule has 0 aromatic heterocycles. The van der Waals surface area contributed by atoms with Crippen molar-refractivity contribution in [1.82, 2.24) is 4.90 Å². The Hall–Kier alpha value is -3.40. The number of rotatable bonds is 7. The zero-order chi connectivity index (χ0) is 22.5. The summed E-state index contributed by atoms with van der Waals surface area (Å²) in [5, 5.41) is 13.7. The number of nitro benzene ring substituents is 1. The molecule has 162 valence electrons. The van der Waals surface area contributed by atoms with E-state index in [2.05, 4.69) is 10.3 Å². The molecule has 1 fully saturated rings. The maximum Gasteiger partial charge on any atom is 0.271 e. The summed E-state index contributed by atoms with van der Waals surface area (Å²) in [5.41, 5.74) is 1.71. The van der Waals surface area contributed by atoms with Gasteiger partial charge < -0.3 is 10.1 Å². The summed E-state index contributed by atoms with van der Waals surface area (Å²) in [7, 11) is 1.56. The van der Waals surface area contributed by atoms with Crippen LogP contribution in [0.25, 0.3) is 0 Å². The maximum absolute atomic E-state index is 12.8. The smallest absolute Gasteiger partial charge is 0.271 e. The zero-order valence-electron chi connectivity index (χ0n) is 17.3. The van der Waals surface area contributed by atoms with Gasteiger partial charge in [-0.1, -0.05) is 17.8 Å². The number of amides is 2. The minimum atomic E-state index is -0.615. The number of nitrogens with one attached hydrogen (secondary N) is 1. The van der Waals surface area contributed by atoms with Gasteiger partial charge in [0, 0.05) is 30.8 Å². The van der Waals surface area contributed by atoms with E-state index in [4.69, 9.17) is 4.74 Å². The number of hydrogen-bond acceptors (Lipinski definition) is 7. The number of thioether (sulfide) groups is 1. The highest BCUT2D eigenvalue weighted by molar-refractivity contribution is 8.15. The molecule has 1 atom stereocenters. The van der Waals surface area contributed by atoms with Crippen molar-refractivity contribution >= 4 is 45.8 Å². The number of non-ortho nitro benzene ring substituents is 1. The number of anilines is 1. The molecule has 2 aromatic rings. The van der Waals surface area contributed by atoms with Crippen molar-refractivity contribution in [3.05, 3.63) is 58.1 Å². The van der Waals surface area contributed by atoms with Gasteiger partial charge in [-0.25, -0.2) is 4.99 Å². The standard InChI is InChI=1S/C21H22N4O5S/c1-4-24-20(27)18(12-19(26)22-14-6-9-16(30-3)10-7-14)31-21(24)23-17-11-15(25(28)29)8-5-13(17)2/h5-11,18H,4,12H2,1-3H3,(H,22,26). The van der Waals surface area contributed by atoms with Gasteiger partial charge in [-0.3, -0.25) is 24.6 Å². The fourth-order valence-corrected chi connectivity index (χ4v) is 4.22. The van der Waals surface area contributed by atoms with Crippen LogP contribution in [0.4, 0.5) is 17.1 Å². The predicted octanol–water partition coefficient (Wildman–Crippen LogP) is 3.89. The Bertz CT molecular complexity index is 1040. The molecule has 10 heteroatoms. The van der Waals surface area contributed by atoms with Crippen LogP contribution in [-0.4, -0.2) is 45.7 Å². The second kappa shape index (κ2) is 9.61. The monoisotopic (exact) mass is 442 g/mol. The van der Waals surface area contributed by atoms with E-state index in [1.165, 1.54) is 28.8 Å². The number of benzene rings is 2. The largest absolute Gasteiger partial charge is 0.497 e. The van der Waals surface area contributed by atoms with Crippen LogP contribution in [0, 0.1) is 17.0 Å². The van der Waals surface area contributed by atoms with Gasteiger partial charge in [-0.05, 0) is 43.7 Å². The summed E-state index contributed by atoms with van der Waals surface area (Å²) in [6.07, 6.45) is -0.0149. The molecule has 1 aliphatic heterocycles. The molecule has 2 aromatic carbocycles. The van der Waals surface area contributed by atoms with Gasteiger partial charge in [0.2, 0.25) is 11.8 Å². The highest BCUT2D eigenvalue weighted by Gasteiger charge is 2.38. The zero-order valence-corrected chi connectivity index (χ0v) is 18.1. The quantitative estimate of drug-likeness (QED) is 0.514. The molecule has 0 aliphatic carbocycles. The van der Waals surface area contributed by atoms with E-state index in [0.717, 1.165) is 5.56 Å². The lowest BCUT2D eigenvalue weighted by molar-refractivity contribution is -0.384. The highest BCUT2D eigenvalue weighted by atomic mass is 32.2. The first-order valence-electron chi connectivity index (χ1n) is 9.58. The molecular formula is C21H22N4O5S. The van der Waals surface area contributed by atoms with Crippen molar-refractivity contribution in [2.45, 2.75) is 25.5 Å². The maximum atomic E-state index is 12.8. The van der Waals surface area contributed by atoms with E-state index in [0.29, 0.717) is 28.8 Å². The van der Waals surface area contributed by atoms with E-state index >= 15 is 0 Å². The first-order chi connectivity index (χ1) is 14.8. The average Bonchev–Trinajstić information content (AvgIpc) is 3.03. The molecule has 31 heavy (non-hydrogen) atoms. The van der Waals surface area contributed by atoms with Gasteiger partial charge in [0.1, 0.15) is 11.0 Å². The Morgan fingerprint density at radius 3 is 2.61 bits per heavy atom. The highest BCUT2D eigenvalue weighted by Crippen LogP contribution is 2.33. The number of nitrogens with zero attached hydrogens (tertiary/aromatic N) is 3. The minimum Gasteiger partial charge on any atom is -0.497 e. The summed E-state index contributed by atoms with van der Waals surface area (Å²) in [6.45, 7) is 3.99. The lowest BCUT2D eigenvalue weighted by atomic mass is 10.2. The number of ether oxygens (including phenoxy) is 1. The SMILES string of the molecule is CCN1C(=O)C(CC(=O)Nc2ccc(OC)cc2)SC1=Nc1cc([N+](=O)[O-])ccc1C. The second-order valence-electron chi connectivity index (χ2n) is 6.79. The van der Waals surface area contributed by atoms with Crippen LogP contribution in [0.5, 0.6) is 5.75 Å². The molecular weight excluding hydrogens is 420 g/mol. The van der Waals surface area contributed by atoms with Crippen LogP contribution in [0.2, 0.25) is 0 Å². The van der Waals surface area contributed by atoms with Crippen molar-refractivity contribution in [3.8, 4) is 5.75 Å². The Morgan fingerprint density at radius 1 is 1.29 bits per heavy atom. The lowest BCUT2D eigenvalue weighted by Gasteiger charge is -2.13.